The van der Waals surface area contributed by atoms with Crippen LogP contribution in [-0.4, -0.2) is 39.3 Å². The van der Waals surface area contributed by atoms with E-state index in [1.165, 1.54) is 0 Å². The van der Waals surface area contributed by atoms with E-state index in [4.69, 9.17) is 16.3 Å². The minimum absolute atomic E-state index is 0.0177. The van der Waals surface area contributed by atoms with Crippen LogP contribution in [0.3, 0.4) is 0 Å². The highest BCUT2D eigenvalue weighted by Gasteiger charge is 2.29. The van der Waals surface area contributed by atoms with Crippen molar-refractivity contribution >= 4 is 21.6 Å². The van der Waals surface area contributed by atoms with Gasteiger partial charge in [0.05, 0.1) is 12.4 Å². The Bertz CT molecular complexity index is 294. The van der Waals surface area contributed by atoms with Gasteiger partial charge in [0.2, 0.25) is 10.0 Å². The lowest BCUT2D eigenvalue weighted by molar-refractivity contribution is 0.163. The molecule has 0 saturated heterocycles. The largest absolute Gasteiger partial charge is 0.381 e. The Morgan fingerprint density at radius 1 is 1.44 bits per heavy atom. The van der Waals surface area contributed by atoms with Gasteiger partial charge in [-0.1, -0.05) is 6.42 Å². The summed E-state index contributed by atoms with van der Waals surface area (Å²) in [5.74, 6) is 0.842. The van der Waals surface area contributed by atoms with E-state index in [1.807, 2.05) is 6.92 Å². The van der Waals surface area contributed by atoms with Crippen LogP contribution in [0.2, 0.25) is 0 Å². The Labute approximate surface area is 103 Å². The van der Waals surface area contributed by atoms with Crippen molar-refractivity contribution in [2.45, 2.75) is 32.2 Å². The van der Waals surface area contributed by atoms with Crippen molar-refractivity contribution in [1.29, 1.82) is 0 Å². The van der Waals surface area contributed by atoms with Crippen molar-refractivity contribution in [3.8, 4) is 0 Å². The van der Waals surface area contributed by atoms with E-state index in [-0.39, 0.29) is 24.3 Å². The molecule has 1 aliphatic carbocycles. The minimum atomic E-state index is -3.21. The molecule has 2 unspecified atom stereocenters. The lowest BCUT2D eigenvalue weighted by Crippen LogP contribution is -2.40. The molecule has 0 aromatic rings. The standard InChI is InChI=1S/C10H20ClNO3S/c1-2-15-6-7-16(13,14)12-10-5-3-4-9(10)8-11/h9-10,12H,2-8H2,1H3. The fourth-order valence-electron chi connectivity index (χ4n) is 1.98. The summed E-state index contributed by atoms with van der Waals surface area (Å²) in [6, 6.07) is 0.0177. The Morgan fingerprint density at radius 3 is 2.81 bits per heavy atom. The van der Waals surface area contributed by atoms with Crippen molar-refractivity contribution in [2.24, 2.45) is 5.92 Å². The monoisotopic (exact) mass is 269 g/mol. The summed E-state index contributed by atoms with van der Waals surface area (Å²) < 4.78 is 31.1. The molecule has 6 heteroatoms. The summed E-state index contributed by atoms with van der Waals surface area (Å²) in [6.45, 7) is 2.65. The molecule has 4 nitrogen and oxygen atoms in total. The molecular weight excluding hydrogens is 250 g/mol. The summed E-state index contributed by atoms with van der Waals surface area (Å²) >= 11 is 5.80. The number of nitrogens with one attached hydrogen (secondary N) is 1. The van der Waals surface area contributed by atoms with Gasteiger partial charge >= 0.3 is 0 Å². The lowest BCUT2D eigenvalue weighted by atomic mass is 10.1. The van der Waals surface area contributed by atoms with Crippen LogP contribution >= 0.6 is 11.6 Å². The van der Waals surface area contributed by atoms with Crippen LogP contribution in [-0.2, 0) is 14.8 Å². The summed E-state index contributed by atoms with van der Waals surface area (Å²) in [4.78, 5) is 0. The summed E-state index contributed by atoms with van der Waals surface area (Å²) in [5, 5.41) is 0. The molecule has 0 radical (unpaired) electrons. The maximum atomic E-state index is 11.7. The predicted molar refractivity (Wildman–Crippen MR) is 65.3 cm³/mol. The van der Waals surface area contributed by atoms with Gasteiger partial charge < -0.3 is 4.74 Å². The first-order chi connectivity index (χ1) is 7.59. The van der Waals surface area contributed by atoms with Crippen LogP contribution < -0.4 is 4.72 Å². The van der Waals surface area contributed by atoms with E-state index in [2.05, 4.69) is 4.72 Å². The number of ether oxygens (including phenoxy) is 1. The molecule has 1 saturated carbocycles. The fraction of sp³-hybridized carbons (Fsp3) is 1.00. The molecule has 0 aromatic heterocycles. The third-order valence-electron chi connectivity index (χ3n) is 2.89. The predicted octanol–water partition coefficient (Wildman–Crippen LogP) is 1.35. The smallest absolute Gasteiger partial charge is 0.214 e. The highest BCUT2D eigenvalue weighted by atomic mass is 35.5. The summed E-state index contributed by atoms with van der Waals surface area (Å²) in [6.07, 6.45) is 2.96. The van der Waals surface area contributed by atoms with E-state index in [9.17, 15) is 8.42 Å². The maximum absolute atomic E-state index is 11.7. The zero-order valence-electron chi connectivity index (χ0n) is 9.62. The first kappa shape index (κ1) is 14.2. The quantitative estimate of drug-likeness (QED) is 0.561. The van der Waals surface area contributed by atoms with Gasteiger partial charge in [-0.25, -0.2) is 13.1 Å². The highest BCUT2D eigenvalue weighted by molar-refractivity contribution is 7.89. The van der Waals surface area contributed by atoms with Crippen molar-refractivity contribution in [3.05, 3.63) is 0 Å². The second-order valence-electron chi connectivity index (χ2n) is 4.09. The molecule has 1 fully saturated rings. The molecule has 0 spiro atoms. The lowest BCUT2D eigenvalue weighted by Gasteiger charge is -2.18. The molecule has 1 aliphatic rings. The average Bonchev–Trinajstić information content (AvgIpc) is 2.64. The minimum Gasteiger partial charge on any atom is -0.381 e. The molecular formula is C10H20ClNO3S. The van der Waals surface area contributed by atoms with Gasteiger partial charge in [0, 0.05) is 18.5 Å². The molecule has 0 amide bonds. The topological polar surface area (TPSA) is 55.4 Å². The zero-order valence-corrected chi connectivity index (χ0v) is 11.2. The maximum Gasteiger partial charge on any atom is 0.214 e. The van der Waals surface area contributed by atoms with E-state index in [0.29, 0.717) is 12.5 Å². The molecule has 1 rings (SSSR count). The number of rotatable bonds is 7. The zero-order chi connectivity index (χ0) is 12.0. The van der Waals surface area contributed by atoms with Crippen molar-refractivity contribution < 1.29 is 13.2 Å². The molecule has 1 N–H and O–H groups in total. The number of halogens is 1. The Kier molecular flexibility index (Phi) is 6.03. The normalized spacial score (nSPS) is 26.1. The third kappa shape index (κ3) is 4.57. The van der Waals surface area contributed by atoms with Crippen molar-refractivity contribution in [1.82, 2.24) is 4.72 Å². The first-order valence-electron chi connectivity index (χ1n) is 5.72. The number of alkyl halides is 1. The van der Waals surface area contributed by atoms with Crippen LogP contribution in [0.5, 0.6) is 0 Å². The van der Waals surface area contributed by atoms with Crippen LogP contribution in [0.4, 0.5) is 0 Å². The first-order valence-corrected chi connectivity index (χ1v) is 7.91. The van der Waals surface area contributed by atoms with Gasteiger partial charge in [-0.15, -0.1) is 11.6 Å². The second kappa shape index (κ2) is 6.79. The van der Waals surface area contributed by atoms with Gasteiger partial charge in [-0.2, -0.15) is 0 Å². The molecule has 0 heterocycles. The molecule has 96 valence electrons. The van der Waals surface area contributed by atoms with Gasteiger partial charge in [0.1, 0.15) is 0 Å². The molecule has 2 atom stereocenters. The Hall–Kier alpha value is 0.160. The van der Waals surface area contributed by atoms with Crippen LogP contribution in [0.15, 0.2) is 0 Å². The summed E-state index contributed by atoms with van der Waals surface area (Å²) in [7, 11) is -3.21. The third-order valence-corrected chi connectivity index (χ3v) is 4.65. The molecule has 0 aromatic carbocycles. The van der Waals surface area contributed by atoms with Crippen molar-refractivity contribution in [2.75, 3.05) is 24.8 Å². The van der Waals surface area contributed by atoms with E-state index in [1.54, 1.807) is 0 Å². The average molecular weight is 270 g/mol. The Balaban J connectivity index is 2.39. The summed E-state index contributed by atoms with van der Waals surface area (Å²) in [5.41, 5.74) is 0. The number of hydrogen-bond acceptors (Lipinski definition) is 3. The SMILES string of the molecule is CCOCCS(=O)(=O)NC1CCCC1CCl. The van der Waals surface area contributed by atoms with Gasteiger partial charge in [-0.3, -0.25) is 0 Å². The molecule has 0 aliphatic heterocycles. The van der Waals surface area contributed by atoms with Crippen LogP contribution in [0, 0.1) is 5.92 Å². The number of hydrogen-bond donors (Lipinski definition) is 1. The second-order valence-corrected chi connectivity index (χ2v) is 6.27. The van der Waals surface area contributed by atoms with Crippen molar-refractivity contribution in [3.63, 3.8) is 0 Å². The van der Waals surface area contributed by atoms with Crippen LogP contribution in [0.25, 0.3) is 0 Å². The molecule has 16 heavy (non-hydrogen) atoms. The van der Waals surface area contributed by atoms with Gasteiger partial charge in [0.15, 0.2) is 0 Å². The Morgan fingerprint density at radius 2 is 2.19 bits per heavy atom. The fourth-order valence-corrected chi connectivity index (χ4v) is 3.58. The highest BCUT2D eigenvalue weighted by Crippen LogP contribution is 2.27. The van der Waals surface area contributed by atoms with E-state index < -0.39 is 10.0 Å². The number of sulfonamides is 1. The van der Waals surface area contributed by atoms with Gasteiger partial charge in [0.25, 0.3) is 0 Å². The van der Waals surface area contributed by atoms with Gasteiger partial charge in [-0.05, 0) is 25.7 Å². The van der Waals surface area contributed by atoms with E-state index in [0.717, 1.165) is 19.3 Å². The molecule has 0 bridgehead atoms. The van der Waals surface area contributed by atoms with E-state index >= 15 is 0 Å². The van der Waals surface area contributed by atoms with Crippen LogP contribution in [0.1, 0.15) is 26.2 Å².